The fourth-order valence-electron chi connectivity index (χ4n) is 2.83. The summed E-state index contributed by atoms with van der Waals surface area (Å²) >= 11 is 0. The van der Waals surface area contributed by atoms with Gasteiger partial charge in [0.1, 0.15) is 11.4 Å². The minimum atomic E-state index is -0.437. The van der Waals surface area contributed by atoms with Crippen LogP contribution in [0.15, 0.2) is 48.5 Å². The lowest BCUT2D eigenvalue weighted by Gasteiger charge is -2.09. The summed E-state index contributed by atoms with van der Waals surface area (Å²) in [5, 5.41) is 10.9. The molecular weight excluding hydrogens is 400 g/mol. The summed E-state index contributed by atoms with van der Waals surface area (Å²) in [4.78, 5) is 24.7. The average Bonchev–Trinajstić information content (AvgIpc) is 3.22. The number of benzene rings is 2. The largest absolute Gasteiger partial charge is 0.497 e. The predicted molar refractivity (Wildman–Crippen MR) is 114 cm³/mol. The first-order valence-electron chi connectivity index (χ1n) is 9.73. The molecule has 0 radical (unpaired) electrons. The monoisotopic (exact) mass is 424 g/mol. The third kappa shape index (κ3) is 5.26. The van der Waals surface area contributed by atoms with Crippen LogP contribution in [-0.4, -0.2) is 47.7 Å². The van der Waals surface area contributed by atoms with Crippen molar-refractivity contribution < 1.29 is 23.8 Å². The second-order valence-electron chi connectivity index (χ2n) is 6.59. The number of anilines is 1. The van der Waals surface area contributed by atoms with Crippen LogP contribution in [0.1, 0.15) is 39.9 Å². The van der Waals surface area contributed by atoms with Crippen molar-refractivity contribution in [3.8, 4) is 11.4 Å². The maximum atomic E-state index is 12.8. The van der Waals surface area contributed by atoms with E-state index in [9.17, 15) is 9.59 Å². The van der Waals surface area contributed by atoms with E-state index >= 15 is 0 Å². The quantitative estimate of drug-likeness (QED) is 0.526. The highest BCUT2D eigenvalue weighted by Crippen LogP contribution is 2.19. The fourth-order valence-corrected chi connectivity index (χ4v) is 2.83. The molecule has 1 N–H and O–H groups in total. The third-order valence-corrected chi connectivity index (χ3v) is 4.39. The number of amides is 1. The minimum absolute atomic E-state index is 0.143. The molecule has 1 amide bonds. The van der Waals surface area contributed by atoms with Crippen molar-refractivity contribution in [1.29, 1.82) is 0 Å². The van der Waals surface area contributed by atoms with Gasteiger partial charge in [0.15, 0.2) is 5.69 Å². The standard InChI is InChI=1S/C22H24N4O5/c1-4-13-31-22(28)15-5-7-16(8-6-15)23-21(27)20-19(14-29-2)26(25-24-20)17-9-11-18(30-3)12-10-17/h5-12H,4,13-14H2,1-3H3,(H,23,27). The van der Waals surface area contributed by atoms with Crippen LogP contribution >= 0.6 is 0 Å². The SMILES string of the molecule is CCCOC(=O)c1ccc(NC(=O)c2nnn(-c3ccc(OC)cc3)c2COC)cc1. The predicted octanol–water partition coefficient (Wildman–Crippen LogP) is 3.24. The Morgan fingerprint density at radius 3 is 2.35 bits per heavy atom. The highest BCUT2D eigenvalue weighted by atomic mass is 16.5. The summed E-state index contributed by atoms with van der Waals surface area (Å²) in [5.74, 6) is -0.130. The Kier molecular flexibility index (Phi) is 7.34. The van der Waals surface area contributed by atoms with Crippen LogP contribution in [0, 0.1) is 0 Å². The number of carbonyl (C=O) groups excluding carboxylic acids is 2. The fraction of sp³-hybridized carbons (Fsp3) is 0.273. The summed E-state index contributed by atoms with van der Waals surface area (Å²) < 4.78 is 17.1. The Labute approximate surface area is 179 Å². The summed E-state index contributed by atoms with van der Waals surface area (Å²) in [6.45, 7) is 2.43. The van der Waals surface area contributed by atoms with E-state index in [2.05, 4.69) is 15.6 Å². The van der Waals surface area contributed by atoms with Crippen LogP contribution in [0.25, 0.3) is 5.69 Å². The van der Waals surface area contributed by atoms with Crippen LogP contribution in [0.5, 0.6) is 5.75 Å². The molecule has 9 heteroatoms. The van der Waals surface area contributed by atoms with Gasteiger partial charge in [-0.25, -0.2) is 9.48 Å². The Bertz CT molecular complexity index is 1030. The van der Waals surface area contributed by atoms with Crippen molar-refractivity contribution in [3.05, 3.63) is 65.5 Å². The Balaban J connectivity index is 1.78. The summed E-state index contributed by atoms with van der Waals surface area (Å²) in [7, 11) is 3.12. The number of rotatable bonds is 9. The number of nitrogens with one attached hydrogen (secondary N) is 1. The number of carbonyl (C=O) groups is 2. The molecule has 0 aliphatic carbocycles. The van der Waals surface area contributed by atoms with Crippen molar-refractivity contribution in [1.82, 2.24) is 15.0 Å². The van der Waals surface area contributed by atoms with Crippen molar-refractivity contribution in [3.63, 3.8) is 0 Å². The van der Waals surface area contributed by atoms with Gasteiger partial charge in [-0.05, 0) is 55.0 Å². The number of methoxy groups -OCH3 is 2. The smallest absolute Gasteiger partial charge is 0.338 e. The first-order chi connectivity index (χ1) is 15.1. The van der Waals surface area contributed by atoms with Crippen molar-refractivity contribution in [2.24, 2.45) is 0 Å². The highest BCUT2D eigenvalue weighted by molar-refractivity contribution is 6.03. The molecule has 9 nitrogen and oxygen atoms in total. The van der Waals surface area contributed by atoms with E-state index in [0.717, 1.165) is 6.42 Å². The van der Waals surface area contributed by atoms with Gasteiger partial charge in [-0.3, -0.25) is 4.79 Å². The molecule has 3 aromatic rings. The average molecular weight is 424 g/mol. The molecule has 0 aliphatic rings. The summed E-state index contributed by atoms with van der Waals surface area (Å²) in [6.07, 6.45) is 0.751. The van der Waals surface area contributed by atoms with E-state index in [1.807, 2.05) is 19.1 Å². The number of nitrogens with zero attached hydrogens (tertiary/aromatic N) is 3. The Morgan fingerprint density at radius 1 is 1.03 bits per heavy atom. The van der Waals surface area contributed by atoms with Crippen LogP contribution in [0.2, 0.25) is 0 Å². The van der Waals surface area contributed by atoms with Crippen molar-refractivity contribution in [2.75, 3.05) is 26.1 Å². The summed E-state index contributed by atoms with van der Waals surface area (Å²) in [6, 6.07) is 13.7. The van der Waals surface area contributed by atoms with E-state index in [1.54, 1.807) is 48.2 Å². The first kappa shape index (κ1) is 22.0. The molecule has 1 aromatic heterocycles. The zero-order valence-electron chi connectivity index (χ0n) is 17.6. The van der Waals surface area contributed by atoms with Gasteiger partial charge in [-0.15, -0.1) is 5.10 Å². The molecule has 0 saturated carbocycles. The molecule has 0 spiro atoms. The lowest BCUT2D eigenvalue weighted by molar-refractivity contribution is 0.0505. The lowest BCUT2D eigenvalue weighted by Crippen LogP contribution is -2.16. The number of hydrogen-bond donors (Lipinski definition) is 1. The Hall–Kier alpha value is -3.72. The van der Waals surface area contributed by atoms with Crippen LogP contribution in [-0.2, 0) is 16.1 Å². The molecule has 0 saturated heterocycles. The molecule has 2 aromatic carbocycles. The number of esters is 1. The van der Waals surface area contributed by atoms with Gasteiger partial charge in [0.05, 0.1) is 31.6 Å². The van der Waals surface area contributed by atoms with Gasteiger partial charge in [-0.1, -0.05) is 12.1 Å². The van der Waals surface area contributed by atoms with E-state index in [-0.39, 0.29) is 12.3 Å². The van der Waals surface area contributed by atoms with E-state index in [1.165, 1.54) is 7.11 Å². The molecule has 3 rings (SSSR count). The summed E-state index contributed by atoms with van der Waals surface area (Å²) in [5.41, 5.74) is 2.29. The normalized spacial score (nSPS) is 10.5. The van der Waals surface area contributed by atoms with Crippen LogP contribution in [0.3, 0.4) is 0 Å². The molecule has 0 unspecified atom stereocenters. The molecule has 1 heterocycles. The van der Waals surface area contributed by atoms with Gasteiger partial charge in [0, 0.05) is 12.8 Å². The highest BCUT2D eigenvalue weighted by Gasteiger charge is 2.21. The number of hydrogen-bond acceptors (Lipinski definition) is 7. The minimum Gasteiger partial charge on any atom is -0.497 e. The van der Waals surface area contributed by atoms with E-state index in [4.69, 9.17) is 14.2 Å². The third-order valence-electron chi connectivity index (χ3n) is 4.39. The van der Waals surface area contributed by atoms with Crippen molar-refractivity contribution >= 4 is 17.6 Å². The van der Waals surface area contributed by atoms with E-state index < -0.39 is 11.9 Å². The zero-order valence-corrected chi connectivity index (χ0v) is 17.6. The molecular formula is C22H24N4O5. The second-order valence-corrected chi connectivity index (χ2v) is 6.59. The zero-order chi connectivity index (χ0) is 22.2. The number of ether oxygens (including phenoxy) is 3. The molecule has 0 bridgehead atoms. The van der Waals surface area contributed by atoms with E-state index in [0.29, 0.717) is 35.0 Å². The van der Waals surface area contributed by atoms with Gasteiger partial charge in [0.2, 0.25) is 0 Å². The van der Waals surface area contributed by atoms with Gasteiger partial charge >= 0.3 is 5.97 Å². The maximum absolute atomic E-state index is 12.8. The molecule has 0 aliphatic heterocycles. The van der Waals surface area contributed by atoms with Gasteiger partial charge < -0.3 is 19.5 Å². The lowest BCUT2D eigenvalue weighted by atomic mass is 10.2. The van der Waals surface area contributed by atoms with Crippen molar-refractivity contribution in [2.45, 2.75) is 20.0 Å². The molecule has 0 atom stereocenters. The van der Waals surface area contributed by atoms with Crippen LogP contribution in [0.4, 0.5) is 5.69 Å². The molecule has 0 fully saturated rings. The van der Waals surface area contributed by atoms with Gasteiger partial charge in [-0.2, -0.15) is 0 Å². The second kappa shape index (κ2) is 10.4. The maximum Gasteiger partial charge on any atom is 0.338 e. The van der Waals surface area contributed by atoms with Gasteiger partial charge in [0.25, 0.3) is 5.91 Å². The Morgan fingerprint density at radius 2 is 1.74 bits per heavy atom. The molecule has 31 heavy (non-hydrogen) atoms. The molecule has 162 valence electrons. The number of aromatic nitrogens is 3. The van der Waals surface area contributed by atoms with Crippen LogP contribution < -0.4 is 10.1 Å². The topological polar surface area (TPSA) is 105 Å². The first-order valence-corrected chi connectivity index (χ1v) is 9.73.